The highest BCUT2D eigenvalue weighted by Crippen LogP contribution is 2.20. The van der Waals surface area contributed by atoms with Crippen molar-refractivity contribution in [2.24, 2.45) is 5.92 Å². The molecule has 2 rings (SSSR count). The minimum absolute atomic E-state index is 0.680. The fourth-order valence-corrected chi connectivity index (χ4v) is 2.47. The van der Waals surface area contributed by atoms with E-state index >= 15 is 0 Å². The van der Waals surface area contributed by atoms with E-state index < -0.39 is 0 Å². The number of nitrogens with zero attached hydrogens (tertiary/aromatic N) is 1. The van der Waals surface area contributed by atoms with Crippen molar-refractivity contribution < 1.29 is 4.74 Å². The smallest absolute Gasteiger partial charge is 0.0645 e. The van der Waals surface area contributed by atoms with Crippen LogP contribution in [0, 0.1) is 5.92 Å². The van der Waals surface area contributed by atoms with Crippen LogP contribution < -0.4 is 5.32 Å². The number of nitrogens with one attached hydrogen (secondary N) is 1. The highest BCUT2D eigenvalue weighted by Gasteiger charge is 2.06. The van der Waals surface area contributed by atoms with Gasteiger partial charge in [-0.3, -0.25) is 0 Å². The van der Waals surface area contributed by atoms with E-state index in [9.17, 15) is 0 Å². The highest BCUT2D eigenvalue weighted by molar-refractivity contribution is 5.83. The number of para-hydroxylation sites is 1. The van der Waals surface area contributed by atoms with Gasteiger partial charge >= 0.3 is 0 Å². The van der Waals surface area contributed by atoms with Gasteiger partial charge in [0.1, 0.15) is 0 Å². The van der Waals surface area contributed by atoms with Crippen molar-refractivity contribution >= 4 is 10.9 Å². The maximum Gasteiger partial charge on any atom is 0.0645 e. The van der Waals surface area contributed by atoms with Crippen LogP contribution in [0.5, 0.6) is 0 Å². The van der Waals surface area contributed by atoms with Crippen LogP contribution in [0.4, 0.5) is 0 Å². The van der Waals surface area contributed by atoms with E-state index in [0.717, 1.165) is 32.8 Å². The molecule has 1 heterocycles. The molecule has 3 heteroatoms. The van der Waals surface area contributed by atoms with Gasteiger partial charge in [0, 0.05) is 25.9 Å². The van der Waals surface area contributed by atoms with Gasteiger partial charge in [-0.15, -0.1) is 0 Å². The van der Waals surface area contributed by atoms with Crippen molar-refractivity contribution in [1.29, 1.82) is 0 Å². The third-order valence-corrected chi connectivity index (χ3v) is 3.42. The van der Waals surface area contributed by atoms with Crippen LogP contribution in [0.25, 0.3) is 10.9 Å². The summed E-state index contributed by atoms with van der Waals surface area (Å²) >= 11 is 0. The number of rotatable bonds is 8. The molecule has 0 aliphatic carbocycles. The van der Waals surface area contributed by atoms with E-state index in [2.05, 4.69) is 54.2 Å². The predicted molar refractivity (Wildman–Crippen MR) is 85.0 cm³/mol. The second kappa shape index (κ2) is 7.46. The molecule has 0 saturated carbocycles. The molecule has 0 aliphatic rings. The standard InChI is InChI=1S/C17H26N2O/c1-4-20-11-10-19-9-8-15-6-5-7-16(17(15)19)13-18-12-14(2)3/h5-9,14,18H,4,10-13H2,1-3H3. The lowest BCUT2D eigenvalue weighted by Crippen LogP contribution is -2.19. The van der Waals surface area contributed by atoms with Crippen LogP contribution >= 0.6 is 0 Å². The van der Waals surface area contributed by atoms with Gasteiger partial charge in [-0.25, -0.2) is 0 Å². The lowest BCUT2D eigenvalue weighted by Gasteiger charge is -2.12. The number of hydrogen-bond donors (Lipinski definition) is 1. The van der Waals surface area contributed by atoms with Crippen molar-refractivity contribution in [1.82, 2.24) is 9.88 Å². The van der Waals surface area contributed by atoms with Gasteiger partial charge in [-0.05, 0) is 36.4 Å². The minimum Gasteiger partial charge on any atom is -0.380 e. The topological polar surface area (TPSA) is 26.2 Å². The summed E-state index contributed by atoms with van der Waals surface area (Å²) in [5.74, 6) is 0.680. The molecule has 1 aromatic heterocycles. The summed E-state index contributed by atoms with van der Waals surface area (Å²) in [5, 5.41) is 4.84. The van der Waals surface area contributed by atoms with Gasteiger partial charge in [0.05, 0.1) is 12.1 Å². The lowest BCUT2D eigenvalue weighted by atomic mass is 10.1. The summed E-state index contributed by atoms with van der Waals surface area (Å²) in [4.78, 5) is 0. The lowest BCUT2D eigenvalue weighted by molar-refractivity contribution is 0.140. The molecule has 0 radical (unpaired) electrons. The van der Waals surface area contributed by atoms with Gasteiger partial charge < -0.3 is 14.6 Å². The minimum atomic E-state index is 0.680. The fourth-order valence-electron chi connectivity index (χ4n) is 2.47. The summed E-state index contributed by atoms with van der Waals surface area (Å²) in [6.07, 6.45) is 2.16. The molecule has 0 aliphatic heterocycles. The summed E-state index contributed by atoms with van der Waals surface area (Å²) in [5.41, 5.74) is 2.70. The van der Waals surface area contributed by atoms with Crippen LogP contribution in [0.2, 0.25) is 0 Å². The third kappa shape index (κ3) is 3.84. The van der Waals surface area contributed by atoms with Gasteiger partial charge in [0.15, 0.2) is 0 Å². The molecule has 1 aromatic carbocycles. The van der Waals surface area contributed by atoms with Crippen molar-refractivity contribution in [3.8, 4) is 0 Å². The van der Waals surface area contributed by atoms with E-state index in [1.165, 1.54) is 16.5 Å². The van der Waals surface area contributed by atoms with Crippen molar-refractivity contribution in [3.05, 3.63) is 36.0 Å². The van der Waals surface area contributed by atoms with Gasteiger partial charge in [-0.1, -0.05) is 32.0 Å². The number of fused-ring (bicyclic) bond motifs is 1. The molecule has 20 heavy (non-hydrogen) atoms. The summed E-state index contributed by atoms with van der Waals surface area (Å²) < 4.78 is 7.77. The third-order valence-electron chi connectivity index (χ3n) is 3.42. The highest BCUT2D eigenvalue weighted by atomic mass is 16.5. The monoisotopic (exact) mass is 274 g/mol. The predicted octanol–water partition coefficient (Wildman–Crippen LogP) is 3.42. The molecular formula is C17H26N2O. The van der Waals surface area contributed by atoms with E-state index in [1.807, 2.05) is 6.92 Å². The molecule has 0 spiro atoms. The molecule has 0 fully saturated rings. The largest absolute Gasteiger partial charge is 0.380 e. The van der Waals surface area contributed by atoms with E-state index in [1.54, 1.807) is 0 Å². The molecule has 1 N–H and O–H groups in total. The molecular weight excluding hydrogens is 248 g/mol. The number of benzene rings is 1. The first-order valence-corrected chi connectivity index (χ1v) is 7.57. The number of ether oxygens (including phenoxy) is 1. The molecule has 0 unspecified atom stereocenters. The van der Waals surface area contributed by atoms with Gasteiger partial charge in [0.25, 0.3) is 0 Å². The molecule has 0 saturated heterocycles. The Hall–Kier alpha value is -1.32. The first-order chi connectivity index (χ1) is 9.72. The fraction of sp³-hybridized carbons (Fsp3) is 0.529. The summed E-state index contributed by atoms with van der Waals surface area (Å²) in [6, 6.07) is 8.72. The Morgan fingerprint density at radius 3 is 2.85 bits per heavy atom. The molecule has 3 nitrogen and oxygen atoms in total. The van der Waals surface area contributed by atoms with Crippen LogP contribution in [0.15, 0.2) is 30.5 Å². The summed E-state index contributed by atoms with van der Waals surface area (Å²) in [6.45, 7) is 10.9. The Bertz CT molecular complexity index is 531. The van der Waals surface area contributed by atoms with E-state index in [4.69, 9.17) is 4.74 Å². The number of aromatic nitrogens is 1. The summed E-state index contributed by atoms with van der Waals surface area (Å²) in [7, 11) is 0. The Morgan fingerprint density at radius 2 is 2.10 bits per heavy atom. The Morgan fingerprint density at radius 1 is 1.25 bits per heavy atom. The van der Waals surface area contributed by atoms with Gasteiger partial charge in [-0.2, -0.15) is 0 Å². The van der Waals surface area contributed by atoms with Crippen LogP contribution in [-0.2, 0) is 17.8 Å². The van der Waals surface area contributed by atoms with E-state index in [-0.39, 0.29) is 0 Å². The SMILES string of the molecule is CCOCCn1ccc2cccc(CNCC(C)C)c21. The van der Waals surface area contributed by atoms with Crippen molar-refractivity contribution in [3.63, 3.8) is 0 Å². The molecule has 0 bridgehead atoms. The normalized spacial score (nSPS) is 11.6. The zero-order valence-electron chi connectivity index (χ0n) is 12.9. The zero-order chi connectivity index (χ0) is 14.4. The van der Waals surface area contributed by atoms with Crippen LogP contribution in [-0.4, -0.2) is 24.3 Å². The quantitative estimate of drug-likeness (QED) is 0.746. The van der Waals surface area contributed by atoms with Crippen LogP contribution in [0.3, 0.4) is 0 Å². The number of hydrogen-bond acceptors (Lipinski definition) is 2. The first-order valence-electron chi connectivity index (χ1n) is 7.57. The van der Waals surface area contributed by atoms with Crippen LogP contribution in [0.1, 0.15) is 26.3 Å². The zero-order valence-corrected chi connectivity index (χ0v) is 12.9. The Kier molecular flexibility index (Phi) is 5.62. The van der Waals surface area contributed by atoms with Crippen molar-refractivity contribution in [2.45, 2.75) is 33.9 Å². The average molecular weight is 274 g/mol. The molecule has 0 amide bonds. The maximum atomic E-state index is 5.47. The second-order valence-electron chi connectivity index (χ2n) is 5.59. The molecule has 0 atom stereocenters. The second-order valence-corrected chi connectivity index (χ2v) is 5.59. The Labute approximate surface area is 121 Å². The molecule has 110 valence electrons. The first kappa shape index (κ1) is 15.1. The average Bonchev–Trinajstić information content (AvgIpc) is 2.83. The van der Waals surface area contributed by atoms with Gasteiger partial charge in [0.2, 0.25) is 0 Å². The maximum absolute atomic E-state index is 5.47. The molecule has 2 aromatic rings. The van der Waals surface area contributed by atoms with Crippen molar-refractivity contribution in [2.75, 3.05) is 19.8 Å². The Balaban J connectivity index is 2.13. The van der Waals surface area contributed by atoms with E-state index in [0.29, 0.717) is 5.92 Å².